The van der Waals surface area contributed by atoms with Crippen LogP contribution in [-0.2, 0) is 0 Å². The highest BCUT2D eigenvalue weighted by atomic mass is 16.5. The van der Waals surface area contributed by atoms with Crippen molar-refractivity contribution in [3.05, 3.63) is 12.4 Å². The predicted octanol–water partition coefficient (Wildman–Crippen LogP) is 0.0674. The van der Waals surface area contributed by atoms with E-state index in [0.717, 1.165) is 0 Å². The quantitative estimate of drug-likeness (QED) is 0.576. The summed E-state index contributed by atoms with van der Waals surface area (Å²) < 4.78 is 4.75. The highest BCUT2D eigenvalue weighted by molar-refractivity contribution is 5.38. The summed E-state index contributed by atoms with van der Waals surface area (Å²) in [5, 5.41) is 0. The van der Waals surface area contributed by atoms with Crippen molar-refractivity contribution < 1.29 is 4.74 Å². The lowest BCUT2D eigenvalue weighted by atomic mass is 10.6. The lowest BCUT2D eigenvalue weighted by molar-refractivity contribution is 0.398. The molecule has 0 amide bonds. The van der Waals surface area contributed by atoms with Crippen LogP contribution in [0.4, 0.5) is 5.82 Å². The van der Waals surface area contributed by atoms with Gasteiger partial charge in [-0.05, 0) is 0 Å². The Morgan fingerprint density at radius 1 is 1.44 bits per heavy atom. The van der Waals surface area contributed by atoms with E-state index in [0.29, 0.717) is 11.7 Å². The number of hydrogen-bond acceptors (Lipinski definition) is 4. The summed E-state index contributed by atoms with van der Waals surface area (Å²) in [5.41, 5.74) is 5.33. The van der Waals surface area contributed by atoms with Crippen LogP contribution in [0.3, 0.4) is 0 Å². The van der Waals surface area contributed by atoms with Crippen LogP contribution >= 0.6 is 0 Å². The molecule has 0 aliphatic carbocycles. The van der Waals surface area contributed by atoms with Gasteiger partial charge in [0.2, 0.25) is 0 Å². The van der Waals surface area contributed by atoms with Gasteiger partial charge in [0.05, 0.1) is 7.11 Å². The number of rotatable bonds is 1. The fraction of sp³-hybridized carbons (Fsp3) is 0.200. The molecule has 0 atom stereocenters. The van der Waals surface area contributed by atoms with Gasteiger partial charge in [-0.25, -0.2) is 9.97 Å². The second kappa shape index (κ2) is 2.30. The molecule has 1 aromatic rings. The molecule has 2 N–H and O–H groups in total. The normalized spacial score (nSPS) is 9.00. The minimum absolute atomic E-state index is 0.319. The van der Waals surface area contributed by atoms with Crippen LogP contribution in [0.25, 0.3) is 0 Å². The molecule has 0 spiro atoms. The van der Waals surface area contributed by atoms with Crippen LogP contribution in [0, 0.1) is 0 Å². The summed E-state index contributed by atoms with van der Waals surface area (Å²) in [6.45, 7) is 0. The van der Waals surface area contributed by atoms with Crippen molar-refractivity contribution >= 4 is 5.82 Å². The summed E-state index contributed by atoms with van der Waals surface area (Å²) in [4.78, 5) is 7.53. The Kier molecular flexibility index (Phi) is 1.48. The molecule has 0 fully saturated rings. The van der Waals surface area contributed by atoms with E-state index in [1.54, 1.807) is 0 Å². The van der Waals surface area contributed by atoms with Gasteiger partial charge in [-0.3, -0.25) is 0 Å². The number of aromatic nitrogens is 2. The molecule has 1 aromatic heterocycles. The number of nitrogens with two attached hydrogens (primary N) is 1. The lowest BCUT2D eigenvalue weighted by Crippen LogP contribution is -1.96. The van der Waals surface area contributed by atoms with E-state index in [-0.39, 0.29) is 0 Å². The van der Waals surface area contributed by atoms with Gasteiger partial charge in [0.25, 0.3) is 5.88 Å². The SMILES string of the molecule is COc1nccnc1N. The Labute approximate surface area is 52.7 Å². The molecule has 4 heteroatoms. The minimum atomic E-state index is 0.319. The van der Waals surface area contributed by atoms with E-state index in [1.165, 1.54) is 19.5 Å². The highest BCUT2D eigenvalue weighted by Gasteiger charge is 1.95. The summed E-state index contributed by atoms with van der Waals surface area (Å²) in [6, 6.07) is 0. The molecule has 9 heavy (non-hydrogen) atoms. The Hall–Kier alpha value is -1.32. The van der Waals surface area contributed by atoms with E-state index in [2.05, 4.69) is 9.97 Å². The smallest absolute Gasteiger partial charge is 0.256 e. The van der Waals surface area contributed by atoms with Crippen molar-refractivity contribution in [2.45, 2.75) is 0 Å². The summed E-state index contributed by atoms with van der Waals surface area (Å²) in [6.07, 6.45) is 3.03. The van der Waals surface area contributed by atoms with Crippen LogP contribution in [0.15, 0.2) is 12.4 Å². The van der Waals surface area contributed by atoms with E-state index >= 15 is 0 Å². The van der Waals surface area contributed by atoms with Gasteiger partial charge in [-0.15, -0.1) is 0 Å². The maximum Gasteiger partial charge on any atom is 0.256 e. The van der Waals surface area contributed by atoms with Crippen molar-refractivity contribution in [3.63, 3.8) is 0 Å². The molecule has 0 aliphatic heterocycles. The monoisotopic (exact) mass is 125 g/mol. The summed E-state index contributed by atoms with van der Waals surface area (Å²) in [5.74, 6) is 0.692. The first-order chi connectivity index (χ1) is 4.34. The van der Waals surface area contributed by atoms with Gasteiger partial charge >= 0.3 is 0 Å². The van der Waals surface area contributed by atoms with Crippen molar-refractivity contribution in [3.8, 4) is 5.88 Å². The summed E-state index contributed by atoms with van der Waals surface area (Å²) in [7, 11) is 1.50. The standard InChI is InChI=1S/C5H7N3O/c1-9-5-4(6)7-2-3-8-5/h2-3H,1H3,(H2,6,7). The lowest BCUT2D eigenvalue weighted by Gasteiger charge is -1.97. The number of ether oxygens (including phenoxy) is 1. The number of nitrogen functional groups attached to an aromatic ring is 1. The van der Waals surface area contributed by atoms with Crippen molar-refractivity contribution in [2.24, 2.45) is 0 Å². The zero-order valence-corrected chi connectivity index (χ0v) is 5.03. The van der Waals surface area contributed by atoms with E-state index in [1.807, 2.05) is 0 Å². The number of hydrogen-bond donors (Lipinski definition) is 1. The molecular formula is C5H7N3O. The molecule has 1 rings (SSSR count). The van der Waals surface area contributed by atoms with Crippen LogP contribution in [-0.4, -0.2) is 17.1 Å². The number of methoxy groups -OCH3 is 1. The molecular weight excluding hydrogens is 118 g/mol. The molecule has 0 saturated carbocycles. The van der Waals surface area contributed by atoms with E-state index in [4.69, 9.17) is 10.5 Å². The fourth-order valence-corrected chi connectivity index (χ4v) is 0.493. The van der Waals surface area contributed by atoms with Crippen molar-refractivity contribution in [1.29, 1.82) is 0 Å². The first-order valence-corrected chi connectivity index (χ1v) is 2.45. The Morgan fingerprint density at radius 3 is 2.56 bits per heavy atom. The van der Waals surface area contributed by atoms with Gasteiger partial charge < -0.3 is 10.5 Å². The Balaban J connectivity index is 3.01. The minimum Gasteiger partial charge on any atom is -0.478 e. The number of nitrogens with zero attached hydrogens (tertiary/aromatic N) is 2. The molecule has 4 nitrogen and oxygen atoms in total. The Morgan fingerprint density at radius 2 is 2.11 bits per heavy atom. The molecule has 0 saturated heterocycles. The van der Waals surface area contributed by atoms with Gasteiger partial charge in [-0.2, -0.15) is 0 Å². The largest absolute Gasteiger partial charge is 0.478 e. The zero-order valence-electron chi connectivity index (χ0n) is 5.03. The molecule has 1 heterocycles. The van der Waals surface area contributed by atoms with Crippen molar-refractivity contribution in [2.75, 3.05) is 12.8 Å². The highest BCUT2D eigenvalue weighted by Crippen LogP contribution is 2.10. The molecule has 0 aromatic carbocycles. The molecule has 48 valence electrons. The second-order valence-electron chi connectivity index (χ2n) is 1.45. The van der Waals surface area contributed by atoms with Gasteiger partial charge in [0.1, 0.15) is 0 Å². The van der Waals surface area contributed by atoms with Crippen LogP contribution in [0.1, 0.15) is 0 Å². The maximum absolute atomic E-state index is 5.33. The van der Waals surface area contributed by atoms with Crippen LogP contribution in [0.2, 0.25) is 0 Å². The van der Waals surface area contributed by atoms with Gasteiger partial charge in [0.15, 0.2) is 5.82 Å². The fourth-order valence-electron chi connectivity index (χ4n) is 0.493. The summed E-state index contributed by atoms with van der Waals surface area (Å²) >= 11 is 0. The first kappa shape index (κ1) is 5.81. The van der Waals surface area contributed by atoms with Gasteiger partial charge in [-0.1, -0.05) is 0 Å². The Bertz CT molecular complexity index is 201. The third kappa shape index (κ3) is 1.07. The number of anilines is 1. The van der Waals surface area contributed by atoms with Crippen LogP contribution in [0.5, 0.6) is 5.88 Å². The first-order valence-electron chi connectivity index (χ1n) is 2.45. The maximum atomic E-state index is 5.33. The third-order valence-electron chi connectivity index (χ3n) is 0.885. The third-order valence-corrected chi connectivity index (χ3v) is 0.885. The molecule has 0 bridgehead atoms. The zero-order chi connectivity index (χ0) is 6.69. The molecule has 0 unspecified atom stereocenters. The average Bonchev–Trinajstić information content (AvgIpc) is 1.89. The van der Waals surface area contributed by atoms with Gasteiger partial charge in [0, 0.05) is 12.4 Å². The van der Waals surface area contributed by atoms with Crippen LogP contribution < -0.4 is 10.5 Å². The molecule has 0 aliphatic rings. The second-order valence-corrected chi connectivity index (χ2v) is 1.45. The van der Waals surface area contributed by atoms with E-state index < -0.39 is 0 Å². The average molecular weight is 125 g/mol. The predicted molar refractivity (Wildman–Crippen MR) is 33.0 cm³/mol. The van der Waals surface area contributed by atoms with Crippen molar-refractivity contribution in [1.82, 2.24) is 9.97 Å². The topological polar surface area (TPSA) is 61.0 Å². The van der Waals surface area contributed by atoms with E-state index in [9.17, 15) is 0 Å². The molecule has 0 radical (unpaired) electrons.